The first kappa shape index (κ1) is 15.5. The van der Waals surface area contributed by atoms with Crippen LogP contribution < -0.4 is 20.1 Å². The lowest BCUT2D eigenvalue weighted by Gasteiger charge is -2.27. The average Bonchev–Trinajstić information content (AvgIpc) is 2.82. The van der Waals surface area contributed by atoms with Gasteiger partial charge in [0, 0.05) is 10.4 Å². The van der Waals surface area contributed by atoms with E-state index in [0.29, 0.717) is 17.1 Å². The number of rotatable bonds is 3. The highest BCUT2D eigenvalue weighted by atomic mass is 32.1. The van der Waals surface area contributed by atoms with Gasteiger partial charge < -0.3 is 25.2 Å². The van der Waals surface area contributed by atoms with Crippen LogP contribution in [0.15, 0.2) is 12.1 Å². The summed E-state index contributed by atoms with van der Waals surface area (Å²) >= 11 is 1.56. The number of benzene rings is 1. The number of amides is 1. The van der Waals surface area contributed by atoms with E-state index in [1.807, 2.05) is 13.8 Å². The molecule has 1 amide bonds. The van der Waals surface area contributed by atoms with Crippen molar-refractivity contribution in [2.75, 3.05) is 19.5 Å². The Morgan fingerprint density at radius 3 is 2.30 bits per heavy atom. The van der Waals surface area contributed by atoms with Crippen molar-refractivity contribution < 1.29 is 19.4 Å². The highest BCUT2D eigenvalue weighted by Crippen LogP contribution is 2.41. The molecule has 1 aromatic heterocycles. The molecule has 122 valence electrons. The van der Waals surface area contributed by atoms with Crippen LogP contribution in [0.25, 0.3) is 0 Å². The van der Waals surface area contributed by atoms with Crippen LogP contribution in [0.2, 0.25) is 0 Å². The van der Waals surface area contributed by atoms with Crippen LogP contribution >= 0.6 is 11.3 Å². The number of ether oxygens (including phenoxy) is 2. The van der Waals surface area contributed by atoms with Crippen LogP contribution in [-0.2, 0) is 0 Å². The smallest absolute Gasteiger partial charge is 0.256 e. The normalized spacial score (nSPS) is 16.3. The first-order chi connectivity index (χ1) is 11.0. The molecular weight excluding hydrogens is 316 g/mol. The Morgan fingerprint density at radius 2 is 1.74 bits per heavy atom. The molecule has 0 aliphatic carbocycles. The SMILES string of the molecule is COc1cc([C@H]2NC(=O)c3c(sc(C)c3C)N2)cc(OC)c1O. The number of methoxy groups -OCH3 is 2. The van der Waals surface area contributed by atoms with E-state index >= 15 is 0 Å². The molecule has 2 aromatic rings. The molecule has 3 N–H and O–H groups in total. The van der Waals surface area contributed by atoms with Gasteiger partial charge in [-0.25, -0.2) is 0 Å². The number of carbonyl (C=O) groups excluding carboxylic acids is 1. The molecule has 0 spiro atoms. The topological polar surface area (TPSA) is 79.8 Å². The third kappa shape index (κ3) is 2.46. The second-order valence-corrected chi connectivity index (χ2v) is 6.54. The molecule has 0 unspecified atom stereocenters. The van der Waals surface area contributed by atoms with Crippen molar-refractivity contribution in [2.24, 2.45) is 0 Å². The average molecular weight is 334 g/mol. The van der Waals surface area contributed by atoms with Gasteiger partial charge in [-0.15, -0.1) is 11.3 Å². The van der Waals surface area contributed by atoms with Crippen LogP contribution in [-0.4, -0.2) is 25.2 Å². The lowest BCUT2D eigenvalue weighted by Crippen LogP contribution is -2.38. The van der Waals surface area contributed by atoms with Crippen molar-refractivity contribution >= 4 is 22.2 Å². The molecular formula is C16H18N2O4S. The van der Waals surface area contributed by atoms with Gasteiger partial charge in [0.15, 0.2) is 11.5 Å². The summed E-state index contributed by atoms with van der Waals surface area (Å²) in [7, 11) is 2.94. The zero-order valence-electron chi connectivity index (χ0n) is 13.3. The van der Waals surface area contributed by atoms with Gasteiger partial charge in [-0.2, -0.15) is 0 Å². The molecule has 1 aliphatic rings. The number of nitrogens with one attached hydrogen (secondary N) is 2. The van der Waals surface area contributed by atoms with Gasteiger partial charge in [-0.1, -0.05) is 0 Å². The second-order valence-electron chi connectivity index (χ2n) is 5.31. The van der Waals surface area contributed by atoms with Crippen molar-refractivity contribution in [3.8, 4) is 17.2 Å². The summed E-state index contributed by atoms with van der Waals surface area (Å²) < 4.78 is 10.3. The number of hydrogen-bond acceptors (Lipinski definition) is 6. The van der Waals surface area contributed by atoms with Crippen molar-refractivity contribution in [3.63, 3.8) is 0 Å². The zero-order chi connectivity index (χ0) is 16.7. The Hall–Kier alpha value is -2.41. The van der Waals surface area contributed by atoms with Gasteiger partial charge in [0.1, 0.15) is 11.2 Å². The molecule has 6 nitrogen and oxygen atoms in total. The number of phenols is 1. The number of anilines is 1. The predicted octanol–water partition coefficient (Wildman–Crippen LogP) is 2.94. The summed E-state index contributed by atoms with van der Waals surface area (Å²) in [5.74, 6) is 0.403. The van der Waals surface area contributed by atoms with E-state index < -0.39 is 6.17 Å². The summed E-state index contributed by atoms with van der Waals surface area (Å²) in [6.45, 7) is 3.94. The van der Waals surface area contributed by atoms with Gasteiger partial charge in [0.25, 0.3) is 5.91 Å². The first-order valence-electron chi connectivity index (χ1n) is 7.08. The predicted molar refractivity (Wildman–Crippen MR) is 88.8 cm³/mol. The van der Waals surface area contributed by atoms with Gasteiger partial charge in [0.05, 0.1) is 19.8 Å². The third-order valence-electron chi connectivity index (χ3n) is 4.00. The van der Waals surface area contributed by atoms with E-state index in [1.165, 1.54) is 14.2 Å². The molecule has 1 atom stereocenters. The standard InChI is InChI=1S/C16H18N2O4S/c1-7-8(2)23-16-12(7)15(20)17-14(18-16)9-5-10(21-3)13(19)11(6-9)22-4/h5-6,14,18-19H,1-4H3,(H,17,20)/t14-/m0/s1. The van der Waals surface area contributed by atoms with Gasteiger partial charge in [-0.3, -0.25) is 4.79 Å². The number of hydrogen-bond donors (Lipinski definition) is 3. The molecule has 0 saturated carbocycles. The van der Waals surface area contributed by atoms with Gasteiger partial charge in [0.2, 0.25) is 5.75 Å². The fraction of sp³-hybridized carbons (Fsp3) is 0.312. The van der Waals surface area contributed by atoms with Crippen molar-refractivity contribution in [1.29, 1.82) is 0 Å². The molecule has 0 bridgehead atoms. The summed E-state index contributed by atoms with van der Waals surface area (Å²) in [5.41, 5.74) is 2.43. The molecule has 2 heterocycles. The maximum atomic E-state index is 12.4. The second kappa shape index (κ2) is 5.66. The van der Waals surface area contributed by atoms with E-state index in [4.69, 9.17) is 9.47 Å². The molecule has 23 heavy (non-hydrogen) atoms. The van der Waals surface area contributed by atoms with Crippen LogP contribution in [0.4, 0.5) is 5.00 Å². The van der Waals surface area contributed by atoms with E-state index in [9.17, 15) is 9.90 Å². The van der Waals surface area contributed by atoms with Gasteiger partial charge in [-0.05, 0) is 31.5 Å². The van der Waals surface area contributed by atoms with Gasteiger partial charge >= 0.3 is 0 Å². The Kier molecular flexibility index (Phi) is 3.81. The minimum atomic E-state index is -0.421. The first-order valence-corrected chi connectivity index (χ1v) is 7.90. The largest absolute Gasteiger partial charge is 0.502 e. The maximum Gasteiger partial charge on any atom is 0.256 e. The zero-order valence-corrected chi connectivity index (χ0v) is 14.1. The van der Waals surface area contributed by atoms with Crippen molar-refractivity contribution in [1.82, 2.24) is 5.32 Å². The van der Waals surface area contributed by atoms with Crippen LogP contribution in [0.5, 0.6) is 17.2 Å². The van der Waals surface area contributed by atoms with E-state index in [-0.39, 0.29) is 11.7 Å². The fourth-order valence-corrected chi connectivity index (χ4v) is 3.71. The van der Waals surface area contributed by atoms with Crippen molar-refractivity contribution in [3.05, 3.63) is 33.7 Å². The monoisotopic (exact) mass is 334 g/mol. The number of carbonyl (C=O) groups is 1. The minimum absolute atomic E-state index is 0.0654. The lowest BCUT2D eigenvalue weighted by atomic mass is 10.1. The summed E-state index contributed by atoms with van der Waals surface area (Å²) in [4.78, 5) is 13.5. The minimum Gasteiger partial charge on any atom is -0.502 e. The molecule has 0 saturated heterocycles. The number of phenolic OH excluding ortho intramolecular Hbond substituents is 1. The molecule has 0 fully saturated rings. The highest BCUT2D eigenvalue weighted by Gasteiger charge is 2.30. The Balaban J connectivity index is 2.02. The molecule has 3 rings (SSSR count). The molecule has 1 aromatic carbocycles. The molecule has 0 radical (unpaired) electrons. The van der Waals surface area contributed by atoms with Crippen molar-refractivity contribution in [2.45, 2.75) is 20.0 Å². The number of fused-ring (bicyclic) bond motifs is 1. The van der Waals surface area contributed by atoms with Crippen LogP contribution in [0.1, 0.15) is 32.5 Å². The van der Waals surface area contributed by atoms with Crippen LogP contribution in [0, 0.1) is 13.8 Å². The summed E-state index contributed by atoms with van der Waals surface area (Å²) in [5, 5.41) is 17.1. The summed E-state index contributed by atoms with van der Waals surface area (Å²) in [6.07, 6.45) is -0.421. The third-order valence-corrected chi connectivity index (χ3v) is 5.14. The van der Waals surface area contributed by atoms with Crippen LogP contribution in [0.3, 0.4) is 0 Å². The summed E-state index contributed by atoms with van der Waals surface area (Å²) in [6, 6.07) is 3.35. The molecule has 7 heteroatoms. The number of aromatic hydroxyl groups is 1. The van der Waals surface area contributed by atoms with E-state index in [2.05, 4.69) is 10.6 Å². The quantitative estimate of drug-likeness (QED) is 0.804. The lowest BCUT2D eigenvalue weighted by molar-refractivity contribution is 0.0935. The maximum absolute atomic E-state index is 12.4. The Labute approximate surface area is 138 Å². The fourth-order valence-electron chi connectivity index (χ4n) is 2.62. The Morgan fingerprint density at radius 1 is 1.13 bits per heavy atom. The molecule has 1 aliphatic heterocycles. The van der Waals surface area contributed by atoms with E-state index in [0.717, 1.165) is 21.0 Å². The Bertz CT molecular complexity index is 760. The number of aryl methyl sites for hydroxylation is 1. The highest BCUT2D eigenvalue weighted by molar-refractivity contribution is 7.16. The number of thiophene rings is 1. The van der Waals surface area contributed by atoms with E-state index in [1.54, 1.807) is 23.5 Å².